The zero-order valence-corrected chi connectivity index (χ0v) is 6.19. The molecule has 76 valence electrons. The van der Waals surface area contributed by atoms with Crippen molar-refractivity contribution < 1.29 is 27.2 Å². The quantitative estimate of drug-likeness (QED) is 0.486. The molecule has 0 aliphatic carbocycles. The average Bonchev–Trinajstić information content (AvgIpc) is 2.03. The molecule has 0 aliphatic heterocycles. The predicted octanol–water partition coefficient (Wildman–Crippen LogP) is -0.294. The summed E-state index contributed by atoms with van der Waals surface area (Å²) in [4.78, 5) is 20.2. The number of halogens is 4. The normalized spacial score (nSPS) is 10.3. The monoisotopic (exact) mass is 202 g/mol. The first kappa shape index (κ1) is 11.7. The Labute approximate surface area is 70.3 Å². The van der Waals surface area contributed by atoms with Crippen LogP contribution in [0.3, 0.4) is 0 Å². The Bertz CT molecular complexity index is 177. The van der Waals surface area contributed by atoms with Gasteiger partial charge in [0, 0.05) is 0 Å². The molecular formula is C5H6F4N2O2. The van der Waals surface area contributed by atoms with Crippen LogP contribution in [0.25, 0.3) is 0 Å². The molecule has 0 saturated carbocycles. The highest BCUT2D eigenvalue weighted by Gasteiger charge is 2.17. The molecule has 0 spiro atoms. The van der Waals surface area contributed by atoms with Gasteiger partial charge >= 0.3 is 12.9 Å². The minimum Gasteiger partial charge on any atom is -0.334 e. The van der Waals surface area contributed by atoms with Crippen molar-refractivity contribution >= 4 is 11.8 Å². The van der Waals surface area contributed by atoms with E-state index in [9.17, 15) is 27.2 Å². The van der Waals surface area contributed by atoms with E-state index in [1.807, 2.05) is 0 Å². The highest BCUT2D eigenvalue weighted by molar-refractivity contribution is 5.81. The van der Waals surface area contributed by atoms with Gasteiger partial charge in [0.2, 0.25) is 0 Å². The molecule has 0 radical (unpaired) electrons. The topological polar surface area (TPSA) is 58.2 Å². The van der Waals surface area contributed by atoms with Gasteiger partial charge in [-0.25, -0.2) is 0 Å². The number of nitrogens with one attached hydrogen (secondary N) is 2. The summed E-state index contributed by atoms with van der Waals surface area (Å²) in [6, 6.07) is 0. The Morgan fingerprint density at radius 2 is 1.23 bits per heavy atom. The maximum absolute atomic E-state index is 11.4. The fourth-order valence-electron chi connectivity index (χ4n) is 0.373. The molecule has 0 unspecified atom stereocenters. The standard InChI is InChI=1S/C5H6F4N2O2/c6-2(7)4(12)10-1-11-5(13)3(8)9/h2-3H,1H2,(H,10,12)(H,11,13). The number of amides is 2. The van der Waals surface area contributed by atoms with Crippen LogP contribution in [0.4, 0.5) is 17.6 Å². The molecule has 0 fully saturated rings. The minimum atomic E-state index is -3.23. The summed E-state index contributed by atoms with van der Waals surface area (Å²) in [5, 5.41) is 3.03. The van der Waals surface area contributed by atoms with Crippen molar-refractivity contribution in [2.24, 2.45) is 0 Å². The Hall–Kier alpha value is -1.34. The molecule has 2 amide bonds. The minimum absolute atomic E-state index is 0.744. The van der Waals surface area contributed by atoms with E-state index in [1.165, 1.54) is 10.6 Å². The lowest BCUT2D eigenvalue weighted by molar-refractivity contribution is -0.134. The van der Waals surface area contributed by atoms with Crippen LogP contribution in [0.1, 0.15) is 0 Å². The first-order chi connectivity index (χ1) is 5.95. The highest BCUT2D eigenvalue weighted by Crippen LogP contribution is 1.91. The molecular weight excluding hydrogens is 196 g/mol. The Kier molecular flexibility index (Phi) is 4.78. The van der Waals surface area contributed by atoms with Crippen molar-refractivity contribution in [3.63, 3.8) is 0 Å². The van der Waals surface area contributed by atoms with E-state index in [2.05, 4.69) is 0 Å². The summed E-state index contributed by atoms with van der Waals surface area (Å²) < 4.78 is 45.8. The average molecular weight is 202 g/mol. The summed E-state index contributed by atoms with van der Waals surface area (Å²) in [6.45, 7) is -0.744. The summed E-state index contributed by atoms with van der Waals surface area (Å²) in [6.07, 6.45) is -6.47. The smallest absolute Gasteiger partial charge is 0.315 e. The van der Waals surface area contributed by atoms with Gasteiger partial charge in [-0.15, -0.1) is 0 Å². The Balaban J connectivity index is 3.57. The summed E-state index contributed by atoms with van der Waals surface area (Å²) in [7, 11) is 0. The second-order valence-corrected chi connectivity index (χ2v) is 1.86. The fraction of sp³-hybridized carbons (Fsp3) is 0.600. The molecule has 0 atom stereocenters. The van der Waals surface area contributed by atoms with Gasteiger partial charge in [0.25, 0.3) is 11.8 Å². The van der Waals surface area contributed by atoms with Gasteiger partial charge < -0.3 is 10.6 Å². The SMILES string of the molecule is O=C(NCNC(=O)C(F)F)C(F)F. The van der Waals surface area contributed by atoms with Crippen molar-refractivity contribution in [1.82, 2.24) is 10.6 Å². The van der Waals surface area contributed by atoms with Crippen LogP contribution in [0.5, 0.6) is 0 Å². The van der Waals surface area contributed by atoms with Crippen LogP contribution in [-0.2, 0) is 9.59 Å². The van der Waals surface area contributed by atoms with E-state index in [0.717, 1.165) is 0 Å². The van der Waals surface area contributed by atoms with Crippen molar-refractivity contribution in [3.05, 3.63) is 0 Å². The van der Waals surface area contributed by atoms with Crippen LogP contribution >= 0.6 is 0 Å². The summed E-state index contributed by atoms with van der Waals surface area (Å²) >= 11 is 0. The predicted molar refractivity (Wildman–Crippen MR) is 33.2 cm³/mol. The summed E-state index contributed by atoms with van der Waals surface area (Å²) in [5.41, 5.74) is 0. The zero-order chi connectivity index (χ0) is 10.4. The van der Waals surface area contributed by atoms with E-state index in [-0.39, 0.29) is 0 Å². The molecule has 0 rings (SSSR count). The van der Waals surface area contributed by atoms with Crippen LogP contribution in [0, 0.1) is 0 Å². The first-order valence-electron chi connectivity index (χ1n) is 3.07. The first-order valence-corrected chi connectivity index (χ1v) is 3.07. The summed E-state index contributed by atoms with van der Waals surface area (Å²) in [5.74, 6) is -3.26. The number of alkyl halides is 4. The zero-order valence-electron chi connectivity index (χ0n) is 6.19. The molecule has 8 heteroatoms. The molecule has 0 aromatic heterocycles. The third kappa shape index (κ3) is 4.99. The number of hydrogen-bond acceptors (Lipinski definition) is 2. The third-order valence-corrected chi connectivity index (χ3v) is 0.922. The van der Waals surface area contributed by atoms with Gasteiger partial charge in [0.05, 0.1) is 6.67 Å². The number of carbonyl (C=O) groups is 2. The van der Waals surface area contributed by atoms with Crippen LogP contribution < -0.4 is 10.6 Å². The van der Waals surface area contributed by atoms with Crippen LogP contribution in [-0.4, -0.2) is 31.3 Å². The third-order valence-electron chi connectivity index (χ3n) is 0.922. The lowest BCUT2D eigenvalue weighted by Gasteiger charge is -2.05. The van der Waals surface area contributed by atoms with E-state index in [4.69, 9.17) is 0 Å². The largest absolute Gasteiger partial charge is 0.334 e. The van der Waals surface area contributed by atoms with Gasteiger partial charge in [-0.05, 0) is 0 Å². The molecule has 0 saturated heterocycles. The molecule has 0 aromatic rings. The second-order valence-electron chi connectivity index (χ2n) is 1.86. The fourth-order valence-corrected chi connectivity index (χ4v) is 0.373. The maximum Gasteiger partial charge on any atom is 0.315 e. The number of carbonyl (C=O) groups excluding carboxylic acids is 2. The molecule has 0 heterocycles. The lowest BCUT2D eigenvalue weighted by Crippen LogP contribution is -2.41. The van der Waals surface area contributed by atoms with E-state index in [0.29, 0.717) is 0 Å². The van der Waals surface area contributed by atoms with E-state index < -0.39 is 31.3 Å². The van der Waals surface area contributed by atoms with E-state index in [1.54, 1.807) is 0 Å². The van der Waals surface area contributed by atoms with Gasteiger partial charge in [-0.1, -0.05) is 0 Å². The van der Waals surface area contributed by atoms with Crippen molar-refractivity contribution in [2.45, 2.75) is 12.9 Å². The van der Waals surface area contributed by atoms with Gasteiger partial charge in [-0.2, -0.15) is 17.6 Å². The molecule has 0 aliphatic rings. The number of rotatable bonds is 4. The number of hydrogen-bond donors (Lipinski definition) is 2. The second kappa shape index (κ2) is 5.33. The van der Waals surface area contributed by atoms with Crippen LogP contribution in [0.2, 0.25) is 0 Å². The lowest BCUT2D eigenvalue weighted by atomic mass is 10.6. The molecule has 4 nitrogen and oxygen atoms in total. The maximum atomic E-state index is 11.4. The Morgan fingerprint density at radius 1 is 0.923 bits per heavy atom. The molecule has 13 heavy (non-hydrogen) atoms. The van der Waals surface area contributed by atoms with Crippen molar-refractivity contribution in [2.75, 3.05) is 6.67 Å². The van der Waals surface area contributed by atoms with Gasteiger partial charge in [0.1, 0.15) is 0 Å². The Morgan fingerprint density at radius 3 is 1.46 bits per heavy atom. The van der Waals surface area contributed by atoms with Crippen molar-refractivity contribution in [1.29, 1.82) is 0 Å². The van der Waals surface area contributed by atoms with Gasteiger partial charge in [0.15, 0.2) is 0 Å². The van der Waals surface area contributed by atoms with Gasteiger partial charge in [-0.3, -0.25) is 9.59 Å². The van der Waals surface area contributed by atoms with Crippen LogP contribution in [0.15, 0.2) is 0 Å². The van der Waals surface area contributed by atoms with E-state index >= 15 is 0 Å². The molecule has 2 N–H and O–H groups in total. The highest BCUT2D eigenvalue weighted by atomic mass is 19.3. The molecule has 0 aromatic carbocycles. The molecule has 0 bridgehead atoms. The van der Waals surface area contributed by atoms with Crippen molar-refractivity contribution in [3.8, 4) is 0 Å².